The predicted molar refractivity (Wildman–Crippen MR) is 142 cm³/mol. The summed E-state index contributed by atoms with van der Waals surface area (Å²) < 4.78 is 28.6. The summed E-state index contributed by atoms with van der Waals surface area (Å²) >= 11 is 0. The Kier molecular flexibility index (Phi) is 8.88. The number of methoxy groups -OCH3 is 2. The predicted octanol–water partition coefficient (Wildman–Crippen LogP) is 3.65. The van der Waals surface area contributed by atoms with Crippen LogP contribution < -0.4 is 9.47 Å². The minimum Gasteiger partial charge on any atom is -0.497 e. The summed E-state index contributed by atoms with van der Waals surface area (Å²) in [5.41, 5.74) is 1.10. The molecule has 4 rings (SSSR count). The Morgan fingerprint density at radius 3 is 2.50 bits per heavy atom. The lowest BCUT2D eigenvalue weighted by Gasteiger charge is -2.39. The Morgan fingerprint density at radius 1 is 1.13 bits per heavy atom. The van der Waals surface area contributed by atoms with Crippen LogP contribution in [0.3, 0.4) is 0 Å². The van der Waals surface area contributed by atoms with E-state index in [1.54, 1.807) is 26.1 Å². The van der Waals surface area contributed by atoms with E-state index in [1.807, 2.05) is 13.0 Å². The first kappa shape index (κ1) is 28.2. The maximum absolute atomic E-state index is 14.1. The summed E-state index contributed by atoms with van der Waals surface area (Å²) in [6.07, 6.45) is 5.55. The first-order valence-corrected chi connectivity index (χ1v) is 13.7. The lowest BCUT2D eigenvalue weighted by molar-refractivity contribution is -0.169. The van der Waals surface area contributed by atoms with Crippen LogP contribution in [-0.2, 0) is 30.2 Å². The highest BCUT2D eigenvalue weighted by Gasteiger charge is 2.51. The van der Waals surface area contributed by atoms with Crippen LogP contribution in [0.2, 0.25) is 0 Å². The van der Waals surface area contributed by atoms with E-state index in [1.165, 1.54) is 7.11 Å². The van der Waals surface area contributed by atoms with Crippen LogP contribution in [0.1, 0.15) is 63.0 Å². The highest BCUT2D eigenvalue weighted by atomic mass is 16.7. The first-order chi connectivity index (χ1) is 18.3. The Bertz CT molecular complexity index is 1060. The second-order valence-corrected chi connectivity index (χ2v) is 10.6. The topological polar surface area (TPSA) is 86.8 Å². The monoisotopic (exact) mass is 530 g/mol. The van der Waals surface area contributed by atoms with Gasteiger partial charge in [0.2, 0.25) is 6.79 Å². The number of esters is 2. The van der Waals surface area contributed by atoms with E-state index in [-0.39, 0.29) is 25.2 Å². The third-order valence-corrected chi connectivity index (χ3v) is 8.23. The van der Waals surface area contributed by atoms with Gasteiger partial charge in [-0.3, -0.25) is 14.6 Å². The molecule has 0 spiro atoms. The Morgan fingerprint density at radius 2 is 1.87 bits per heavy atom. The molecular formula is C29H42N2O7. The zero-order valence-corrected chi connectivity index (χ0v) is 23.6. The van der Waals surface area contributed by atoms with E-state index >= 15 is 0 Å². The largest absolute Gasteiger partial charge is 0.497 e. The molecule has 1 aromatic carbocycles. The third-order valence-electron chi connectivity index (χ3n) is 8.23. The summed E-state index contributed by atoms with van der Waals surface area (Å²) in [6, 6.07) is 4.11. The van der Waals surface area contributed by atoms with E-state index in [0.717, 1.165) is 49.2 Å². The van der Waals surface area contributed by atoms with E-state index in [4.69, 9.17) is 23.7 Å². The number of fused-ring (bicyclic) bond motifs is 4. The van der Waals surface area contributed by atoms with Crippen molar-refractivity contribution >= 4 is 11.9 Å². The van der Waals surface area contributed by atoms with Gasteiger partial charge in [-0.25, -0.2) is 4.79 Å². The minimum atomic E-state index is -1.15. The number of hydrogen-bond acceptors (Lipinski definition) is 9. The number of likely N-dealkylation sites (N-methyl/N-ethyl adjacent to an activating group) is 1. The summed E-state index contributed by atoms with van der Waals surface area (Å²) in [7, 11) is 6.57. The lowest BCUT2D eigenvalue weighted by atomic mass is 9.86. The zero-order chi connectivity index (χ0) is 27.4. The van der Waals surface area contributed by atoms with Gasteiger partial charge >= 0.3 is 11.9 Å². The van der Waals surface area contributed by atoms with Crippen molar-refractivity contribution in [3.8, 4) is 11.5 Å². The SMILES string of the molecule is CCCCN1CCc2cc3c(cc2[C@@H]2[C@H](OC(=O)[C@@](CCC)(CC(=O)OC)N(C)C)C(OC)=C[C@@H]21)OCO3. The van der Waals surface area contributed by atoms with Crippen molar-refractivity contribution in [2.75, 3.05) is 48.2 Å². The zero-order valence-electron chi connectivity index (χ0n) is 23.6. The van der Waals surface area contributed by atoms with Gasteiger partial charge in [0.1, 0.15) is 11.3 Å². The molecule has 0 aromatic heterocycles. The quantitative estimate of drug-likeness (QED) is 0.398. The van der Waals surface area contributed by atoms with Crippen LogP contribution in [0.4, 0.5) is 0 Å². The standard InChI is InChI=1S/C29H42N2O7/c1-7-9-12-31-13-10-19-14-22-23(37-18-36-22)15-20(19)26-21(31)16-24(34-5)27(26)38-28(33)29(11-8-2,30(3)4)17-25(32)35-6/h14-16,21,26-27H,7-13,17-18H2,1-6H3/t21-,26-,27+,29+/m0/s1. The molecule has 0 saturated carbocycles. The molecule has 0 N–H and O–H groups in total. The second kappa shape index (κ2) is 11.9. The molecule has 9 nitrogen and oxygen atoms in total. The molecule has 9 heteroatoms. The molecule has 38 heavy (non-hydrogen) atoms. The number of hydrogen-bond donors (Lipinski definition) is 0. The van der Waals surface area contributed by atoms with Gasteiger partial charge < -0.3 is 23.7 Å². The molecule has 4 atom stereocenters. The number of carbonyl (C=O) groups excluding carboxylic acids is 2. The number of nitrogens with zero attached hydrogens (tertiary/aromatic N) is 2. The van der Waals surface area contributed by atoms with E-state index in [2.05, 4.69) is 24.0 Å². The Hall–Kier alpha value is -2.78. The van der Waals surface area contributed by atoms with Gasteiger partial charge in [-0.15, -0.1) is 0 Å². The molecule has 0 saturated heterocycles. The molecule has 0 radical (unpaired) electrons. The fourth-order valence-electron chi connectivity index (χ4n) is 6.06. The number of benzene rings is 1. The van der Waals surface area contributed by atoms with Crippen LogP contribution in [0.15, 0.2) is 24.0 Å². The average molecular weight is 531 g/mol. The van der Waals surface area contributed by atoms with Crippen LogP contribution in [0, 0.1) is 0 Å². The van der Waals surface area contributed by atoms with Crippen LogP contribution in [0.25, 0.3) is 0 Å². The summed E-state index contributed by atoms with van der Waals surface area (Å²) in [5, 5.41) is 0. The fourth-order valence-corrected chi connectivity index (χ4v) is 6.06. The second-order valence-electron chi connectivity index (χ2n) is 10.6. The fraction of sp³-hybridized carbons (Fsp3) is 0.655. The minimum absolute atomic E-state index is 0.00328. The van der Waals surface area contributed by atoms with Gasteiger partial charge in [0.05, 0.1) is 20.6 Å². The van der Waals surface area contributed by atoms with Crippen LogP contribution in [-0.4, -0.2) is 87.6 Å². The summed E-state index contributed by atoms with van der Waals surface area (Å²) in [5.74, 6) is 1.00. The Labute approximate surface area is 226 Å². The molecule has 2 heterocycles. The smallest absolute Gasteiger partial charge is 0.327 e. The third kappa shape index (κ3) is 5.23. The van der Waals surface area contributed by atoms with Crippen LogP contribution >= 0.6 is 0 Å². The number of carbonyl (C=O) groups is 2. The van der Waals surface area contributed by atoms with Crippen molar-refractivity contribution in [3.05, 3.63) is 35.1 Å². The molecule has 0 fully saturated rings. The normalized spacial score (nSPS) is 23.7. The Balaban J connectivity index is 1.75. The summed E-state index contributed by atoms with van der Waals surface area (Å²) in [4.78, 5) is 30.7. The molecule has 1 aliphatic carbocycles. The number of unbranched alkanes of at least 4 members (excludes halogenated alkanes) is 1. The molecule has 0 amide bonds. The van der Waals surface area contributed by atoms with Gasteiger partial charge in [-0.05, 0) is 69.2 Å². The van der Waals surface area contributed by atoms with Crippen molar-refractivity contribution in [1.82, 2.24) is 9.80 Å². The number of rotatable bonds is 11. The average Bonchev–Trinajstić information content (AvgIpc) is 3.47. The molecule has 210 valence electrons. The molecule has 3 aliphatic rings. The lowest BCUT2D eigenvalue weighted by Crippen LogP contribution is -2.55. The highest BCUT2D eigenvalue weighted by Crippen LogP contribution is 2.47. The van der Waals surface area contributed by atoms with Gasteiger partial charge in [0, 0.05) is 18.5 Å². The molecule has 1 aromatic rings. The van der Waals surface area contributed by atoms with Gasteiger partial charge in [0.25, 0.3) is 0 Å². The van der Waals surface area contributed by atoms with Crippen molar-refractivity contribution in [3.63, 3.8) is 0 Å². The molecule has 0 bridgehead atoms. The van der Waals surface area contributed by atoms with Crippen molar-refractivity contribution < 1.29 is 33.3 Å². The van der Waals surface area contributed by atoms with Crippen molar-refractivity contribution in [2.24, 2.45) is 0 Å². The van der Waals surface area contributed by atoms with Crippen molar-refractivity contribution in [2.45, 2.75) is 76.0 Å². The van der Waals surface area contributed by atoms with Gasteiger partial charge in [-0.1, -0.05) is 26.7 Å². The highest BCUT2D eigenvalue weighted by molar-refractivity contribution is 5.87. The summed E-state index contributed by atoms with van der Waals surface area (Å²) in [6.45, 7) is 6.19. The maximum atomic E-state index is 14.1. The van der Waals surface area contributed by atoms with Crippen LogP contribution in [0.5, 0.6) is 11.5 Å². The molecule has 2 aliphatic heterocycles. The van der Waals surface area contributed by atoms with E-state index in [9.17, 15) is 9.59 Å². The van der Waals surface area contributed by atoms with Gasteiger partial charge in [-0.2, -0.15) is 0 Å². The molecular weight excluding hydrogens is 488 g/mol. The van der Waals surface area contributed by atoms with Crippen molar-refractivity contribution in [1.29, 1.82) is 0 Å². The number of ether oxygens (including phenoxy) is 5. The molecule has 0 unspecified atom stereocenters. The first-order valence-electron chi connectivity index (χ1n) is 13.7. The van der Waals surface area contributed by atoms with E-state index in [0.29, 0.717) is 24.4 Å². The maximum Gasteiger partial charge on any atom is 0.327 e. The van der Waals surface area contributed by atoms with Gasteiger partial charge in [0.15, 0.2) is 17.6 Å². The van der Waals surface area contributed by atoms with E-state index < -0.39 is 23.6 Å².